The molecule has 0 saturated heterocycles. The lowest BCUT2D eigenvalue weighted by Gasteiger charge is -2.14. The number of ether oxygens (including phenoxy) is 1. The third kappa shape index (κ3) is 4.69. The first-order valence-electron chi connectivity index (χ1n) is 8.46. The van der Waals surface area contributed by atoms with Gasteiger partial charge in [0, 0.05) is 6.42 Å². The molecule has 0 bridgehead atoms. The van der Waals surface area contributed by atoms with Crippen LogP contribution in [-0.4, -0.2) is 23.5 Å². The van der Waals surface area contributed by atoms with Crippen molar-refractivity contribution in [2.45, 2.75) is 25.8 Å². The zero-order valence-electron chi connectivity index (χ0n) is 14.5. The van der Waals surface area contributed by atoms with Crippen molar-refractivity contribution in [1.29, 1.82) is 0 Å². The van der Waals surface area contributed by atoms with Crippen molar-refractivity contribution in [2.24, 2.45) is 0 Å². The van der Waals surface area contributed by atoms with E-state index in [-0.39, 0.29) is 25.0 Å². The third-order valence-corrected chi connectivity index (χ3v) is 3.92. The number of nitrogens with one attached hydrogen (secondary N) is 1. The second kappa shape index (κ2) is 8.29. The molecule has 1 atom stereocenters. The molecule has 6 heteroatoms. The molecular formula is C20H20N2O4. The maximum atomic E-state index is 11.9. The summed E-state index contributed by atoms with van der Waals surface area (Å²) >= 11 is 0. The molecule has 0 aliphatic rings. The predicted octanol–water partition coefficient (Wildman–Crippen LogP) is 3.18. The first-order valence-corrected chi connectivity index (χ1v) is 8.46. The maximum absolute atomic E-state index is 11.9. The fourth-order valence-electron chi connectivity index (χ4n) is 2.56. The van der Waals surface area contributed by atoms with Gasteiger partial charge in [-0.05, 0) is 24.6 Å². The standard InChI is InChI=1S/C20H20N2O4/c1-14(15-7-3-2-4-8-15)21-18(23)13-25-20(24)12-11-19-22-16-9-5-6-10-17(16)26-19/h2-10,14H,11-13H2,1H3,(H,21,23)/t14-/m1/s1. The molecule has 6 nitrogen and oxygen atoms in total. The molecule has 0 fully saturated rings. The summed E-state index contributed by atoms with van der Waals surface area (Å²) in [5, 5.41) is 2.80. The van der Waals surface area contributed by atoms with Crippen LogP contribution in [0.4, 0.5) is 0 Å². The van der Waals surface area contributed by atoms with Gasteiger partial charge >= 0.3 is 5.97 Å². The number of amides is 1. The summed E-state index contributed by atoms with van der Waals surface area (Å²) in [5.74, 6) is -0.323. The summed E-state index contributed by atoms with van der Waals surface area (Å²) < 4.78 is 10.6. The Bertz CT molecular complexity index is 856. The summed E-state index contributed by atoms with van der Waals surface area (Å²) in [4.78, 5) is 28.0. The highest BCUT2D eigenvalue weighted by atomic mass is 16.5. The van der Waals surface area contributed by atoms with Crippen molar-refractivity contribution in [2.75, 3.05) is 6.61 Å². The average Bonchev–Trinajstić information content (AvgIpc) is 3.08. The number of esters is 1. The van der Waals surface area contributed by atoms with E-state index < -0.39 is 5.97 Å². The maximum Gasteiger partial charge on any atom is 0.306 e. The van der Waals surface area contributed by atoms with Crippen molar-refractivity contribution in [3.05, 3.63) is 66.1 Å². The number of hydrogen-bond donors (Lipinski definition) is 1. The van der Waals surface area contributed by atoms with Crippen molar-refractivity contribution >= 4 is 23.0 Å². The highest BCUT2D eigenvalue weighted by molar-refractivity contribution is 5.81. The zero-order valence-corrected chi connectivity index (χ0v) is 14.5. The Morgan fingerprint density at radius 3 is 2.62 bits per heavy atom. The molecule has 26 heavy (non-hydrogen) atoms. The number of benzene rings is 2. The molecule has 0 spiro atoms. The highest BCUT2D eigenvalue weighted by Crippen LogP contribution is 2.15. The van der Waals surface area contributed by atoms with E-state index >= 15 is 0 Å². The van der Waals surface area contributed by atoms with Crippen LogP contribution in [0.1, 0.15) is 30.8 Å². The number of oxazole rings is 1. The van der Waals surface area contributed by atoms with Gasteiger partial charge < -0.3 is 14.5 Å². The van der Waals surface area contributed by atoms with Crippen LogP contribution in [0.5, 0.6) is 0 Å². The number of nitrogens with zero attached hydrogens (tertiary/aromatic N) is 1. The van der Waals surface area contributed by atoms with Gasteiger partial charge in [-0.2, -0.15) is 0 Å². The molecule has 0 unspecified atom stereocenters. The fraction of sp³-hybridized carbons (Fsp3) is 0.250. The number of rotatable bonds is 7. The van der Waals surface area contributed by atoms with E-state index in [1.807, 2.05) is 61.5 Å². The largest absolute Gasteiger partial charge is 0.456 e. The van der Waals surface area contributed by atoms with E-state index in [0.29, 0.717) is 17.9 Å². The van der Waals surface area contributed by atoms with Gasteiger partial charge in [-0.15, -0.1) is 0 Å². The zero-order chi connectivity index (χ0) is 18.4. The summed E-state index contributed by atoms with van der Waals surface area (Å²) in [5.41, 5.74) is 2.43. The monoisotopic (exact) mass is 352 g/mol. The Hall–Kier alpha value is -3.15. The van der Waals surface area contributed by atoms with Gasteiger partial charge in [-0.3, -0.25) is 9.59 Å². The van der Waals surface area contributed by atoms with E-state index in [2.05, 4.69) is 10.3 Å². The lowest BCUT2D eigenvalue weighted by Crippen LogP contribution is -2.31. The summed E-state index contributed by atoms with van der Waals surface area (Å²) in [6, 6.07) is 16.8. The lowest BCUT2D eigenvalue weighted by atomic mass is 10.1. The Morgan fingerprint density at radius 1 is 1.12 bits per heavy atom. The van der Waals surface area contributed by atoms with Gasteiger partial charge in [0.2, 0.25) is 0 Å². The first kappa shape index (κ1) is 17.7. The van der Waals surface area contributed by atoms with Gasteiger partial charge in [-0.25, -0.2) is 4.98 Å². The van der Waals surface area contributed by atoms with Gasteiger partial charge in [0.1, 0.15) is 5.52 Å². The van der Waals surface area contributed by atoms with Gasteiger partial charge in [0.15, 0.2) is 18.1 Å². The van der Waals surface area contributed by atoms with Crippen molar-refractivity contribution in [3.63, 3.8) is 0 Å². The van der Waals surface area contributed by atoms with Crippen molar-refractivity contribution < 1.29 is 18.7 Å². The first-order chi connectivity index (χ1) is 12.6. The molecular weight excluding hydrogens is 332 g/mol. The van der Waals surface area contributed by atoms with Gasteiger partial charge in [0.25, 0.3) is 5.91 Å². The lowest BCUT2D eigenvalue weighted by molar-refractivity contribution is -0.148. The number of carbonyl (C=O) groups excluding carboxylic acids is 2. The molecule has 134 valence electrons. The highest BCUT2D eigenvalue weighted by Gasteiger charge is 2.13. The van der Waals surface area contributed by atoms with Crippen LogP contribution in [0.25, 0.3) is 11.1 Å². The molecule has 3 aromatic rings. The molecule has 1 amide bonds. The van der Waals surface area contributed by atoms with Crippen LogP contribution >= 0.6 is 0 Å². The molecule has 3 rings (SSSR count). The van der Waals surface area contributed by atoms with E-state index in [1.165, 1.54) is 0 Å². The number of carbonyl (C=O) groups is 2. The van der Waals surface area contributed by atoms with E-state index in [1.54, 1.807) is 0 Å². The summed E-state index contributed by atoms with van der Waals surface area (Å²) in [7, 11) is 0. The average molecular weight is 352 g/mol. The number of fused-ring (bicyclic) bond motifs is 1. The minimum Gasteiger partial charge on any atom is -0.456 e. The minimum atomic E-state index is -0.463. The molecule has 0 radical (unpaired) electrons. The van der Waals surface area contributed by atoms with Crippen LogP contribution in [0.2, 0.25) is 0 Å². The van der Waals surface area contributed by atoms with Gasteiger partial charge in [0.05, 0.1) is 12.5 Å². The SMILES string of the molecule is C[C@@H](NC(=O)COC(=O)CCc1nc2ccccc2o1)c1ccccc1. The Morgan fingerprint density at radius 2 is 1.85 bits per heavy atom. The summed E-state index contributed by atoms with van der Waals surface area (Å²) in [6.45, 7) is 1.58. The van der Waals surface area contributed by atoms with Gasteiger partial charge in [-0.1, -0.05) is 42.5 Å². The molecule has 1 heterocycles. The number of aromatic nitrogens is 1. The van der Waals surface area contributed by atoms with E-state index in [4.69, 9.17) is 9.15 Å². The van der Waals surface area contributed by atoms with E-state index in [9.17, 15) is 9.59 Å². The second-order valence-corrected chi connectivity index (χ2v) is 5.94. The quantitative estimate of drug-likeness (QED) is 0.661. The fourth-order valence-corrected chi connectivity index (χ4v) is 2.56. The second-order valence-electron chi connectivity index (χ2n) is 5.94. The number of para-hydroxylation sites is 2. The summed E-state index contributed by atoms with van der Waals surface area (Å²) in [6.07, 6.45) is 0.434. The number of aryl methyl sites for hydroxylation is 1. The topological polar surface area (TPSA) is 81.4 Å². The predicted molar refractivity (Wildman–Crippen MR) is 96.3 cm³/mol. The van der Waals surface area contributed by atoms with Crippen LogP contribution in [-0.2, 0) is 20.7 Å². The Labute approximate surface area is 151 Å². The Balaban J connectivity index is 1.41. The van der Waals surface area contributed by atoms with Crippen LogP contribution in [0.3, 0.4) is 0 Å². The Kier molecular flexibility index (Phi) is 5.63. The van der Waals surface area contributed by atoms with Crippen LogP contribution in [0.15, 0.2) is 59.0 Å². The molecule has 0 aliphatic heterocycles. The smallest absolute Gasteiger partial charge is 0.306 e. The molecule has 1 N–H and O–H groups in total. The molecule has 2 aromatic carbocycles. The van der Waals surface area contributed by atoms with E-state index in [0.717, 1.165) is 11.1 Å². The molecule has 0 aliphatic carbocycles. The normalized spacial score (nSPS) is 11.9. The van der Waals surface area contributed by atoms with Crippen molar-refractivity contribution in [1.82, 2.24) is 10.3 Å². The number of hydrogen-bond acceptors (Lipinski definition) is 5. The molecule has 0 saturated carbocycles. The third-order valence-electron chi connectivity index (χ3n) is 3.92. The van der Waals surface area contributed by atoms with Crippen LogP contribution in [0, 0.1) is 0 Å². The molecule has 1 aromatic heterocycles. The van der Waals surface area contributed by atoms with Crippen molar-refractivity contribution in [3.8, 4) is 0 Å². The minimum absolute atomic E-state index is 0.105. The van der Waals surface area contributed by atoms with Crippen LogP contribution < -0.4 is 5.32 Å².